The summed E-state index contributed by atoms with van der Waals surface area (Å²) in [6.45, 7) is 8.43. The fourth-order valence-electron chi connectivity index (χ4n) is 3.43. The molecule has 3 rings (SSSR count). The molecule has 0 aliphatic carbocycles. The molecule has 1 fully saturated rings. The van der Waals surface area contributed by atoms with Crippen LogP contribution in [0.25, 0.3) is 0 Å². The van der Waals surface area contributed by atoms with Gasteiger partial charge in [0, 0.05) is 41.0 Å². The van der Waals surface area contributed by atoms with Crippen LogP contribution in [0.3, 0.4) is 0 Å². The highest BCUT2D eigenvalue weighted by molar-refractivity contribution is 7.99. The number of amides is 3. The van der Waals surface area contributed by atoms with Gasteiger partial charge in [0.25, 0.3) is 5.91 Å². The molecule has 1 aliphatic rings. The van der Waals surface area contributed by atoms with Gasteiger partial charge in [-0.1, -0.05) is 26.0 Å². The maximum Gasteiger partial charge on any atom is 0.319 e. The Labute approximate surface area is 183 Å². The van der Waals surface area contributed by atoms with E-state index in [2.05, 4.69) is 30.5 Å². The first-order valence-corrected chi connectivity index (χ1v) is 11.5. The lowest BCUT2D eigenvalue weighted by Crippen LogP contribution is -2.29. The average Bonchev–Trinajstić information content (AvgIpc) is 3.28. The Balaban J connectivity index is 1.54. The molecular formula is C24H31N3O2S. The van der Waals surface area contributed by atoms with Crippen LogP contribution in [-0.2, 0) is 6.54 Å². The number of urea groups is 1. The van der Waals surface area contributed by atoms with Gasteiger partial charge in [0.2, 0.25) is 0 Å². The first-order valence-electron chi connectivity index (χ1n) is 10.7. The van der Waals surface area contributed by atoms with Gasteiger partial charge in [0.15, 0.2) is 0 Å². The van der Waals surface area contributed by atoms with E-state index < -0.39 is 0 Å². The zero-order valence-electron chi connectivity index (χ0n) is 18.0. The summed E-state index contributed by atoms with van der Waals surface area (Å²) in [7, 11) is 0. The third-order valence-corrected chi connectivity index (χ3v) is 6.64. The van der Waals surface area contributed by atoms with Crippen molar-refractivity contribution in [2.45, 2.75) is 56.7 Å². The van der Waals surface area contributed by atoms with Crippen molar-refractivity contribution in [1.29, 1.82) is 0 Å². The van der Waals surface area contributed by atoms with Crippen LogP contribution in [0, 0.1) is 6.92 Å². The lowest BCUT2D eigenvalue weighted by Gasteiger charge is -2.16. The number of carbonyl (C=O) groups is 2. The first kappa shape index (κ1) is 22.2. The van der Waals surface area contributed by atoms with Gasteiger partial charge in [0.05, 0.1) is 0 Å². The predicted octanol–water partition coefficient (Wildman–Crippen LogP) is 5.44. The van der Waals surface area contributed by atoms with Crippen LogP contribution in [0.2, 0.25) is 0 Å². The summed E-state index contributed by atoms with van der Waals surface area (Å²) >= 11 is 1.85. The Kier molecular flexibility index (Phi) is 7.80. The molecule has 0 aromatic heterocycles. The van der Waals surface area contributed by atoms with Crippen molar-refractivity contribution < 1.29 is 9.59 Å². The fraction of sp³-hybridized carbons (Fsp3) is 0.417. The number of carbonyl (C=O) groups excluding carboxylic acids is 2. The minimum absolute atomic E-state index is 0.0739. The monoisotopic (exact) mass is 425 g/mol. The molecule has 0 saturated carbocycles. The second kappa shape index (κ2) is 10.5. The summed E-state index contributed by atoms with van der Waals surface area (Å²) < 4.78 is 0. The van der Waals surface area contributed by atoms with Gasteiger partial charge in [0.1, 0.15) is 0 Å². The normalized spacial score (nSPS) is 14.4. The summed E-state index contributed by atoms with van der Waals surface area (Å²) in [6.07, 6.45) is 3.27. The van der Waals surface area contributed by atoms with Crippen LogP contribution < -0.4 is 10.6 Å². The molecule has 0 bridgehead atoms. The van der Waals surface area contributed by atoms with Crippen LogP contribution in [-0.4, -0.2) is 35.2 Å². The van der Waals surface area contributed by atoms with Gasteiger partial charge in [-0.25, -0.2) is 4.79 Å². The number of nitrogens with zero attached hydrogens (tertiary/aromatic N) is 1. The molecule has 1 atom stereocenters. The zero-order valence-corrected chi connectivity index (χ0v) is 18.8. The van der Waals surface area contributed by atoms with Crippen molar-refractivity contribution in [3.05, 3.63) is 59.2 Å². The second-order valence-electron chi connectivity index (χ2n) is 7.82. The number of hydrogen-bond acceptors (Lipinski definition) is 3. The average molecular weight is 426 g/mol. The molecule has 2 aromatic carbocycles. The number of thioether (sulfide) groups is 1. The minimum atomic E-state index is -0.253. The minimum Gasteiger partial charge on any atom is -0.339 e. The maximum atomic E-state index is 12.6. The summed E-state index contributed by atoms with van der Waals surface area (Å²) in [5.41, 5.74) is 3.43. The molecule has 30 heavy (non-hydrogen) atoms. The van der Waals surface area contributed by atoms with E-state index in [4.69, 9.17) is 0 Å². The molecule has 2 N–H and O–H groups in total. The molecule has 1 saturated heterocycles. The standard InChI is InChI=1S/C24H31N3O2S/c1-4-18(3)30-21-10-11-22(17(2)14-21)26-24(29)25-16-19-8-7-9-20(15-19)23(28)27-12-5-6-13-27/h7-11,14-15,18H,4-6,12-13,16H2,1-3H3,(H2,25,26,29). The molecule has 1 heterocycles. The number of rotatable bonds is 7. The van der Waals surface area contributed by atoms with Gasteiger partial charge in [-0.05, 0) is 67.6 Å². The van der Waals surface area contributed by atoms with E-state index in [-0.39, 0.29) is 11.9 Å². The highest BCUT2D eigenvalue weighted by Crippen LogP contribution is 2.28. The molecule has 1 aliphatic heterocycles. The fourth-order valence-corrected chi connectivity index (χ4v) is 4.45. The Morgan fingerprint density at radius 1 is 1.13 bits per heavy atom. The van der Waals surface area contributed by atoms with Crippen molar-refractivity contribution in [3.8, 4) is 0 Å². The van der Waals surface area contributed by atoms with Crippen LogP contribution in [0.4, 0.5) is 10.5 Å². The predicted molar refractivity (Wildman–Crippen MR) is 124 cm³/mol. The number of nitrogens with one attached hydrogen (secondary N) is 2. The van der Waals surface area contributed by atoms with Gasteiger partial charge in [-0.3, -0.25) is 4.79 Å². The van der Waals surface area contributed by atoms with Crippen LogP contribution in [0.5, 0.6) is 0 Å². The highest BCUT2D eigenvalue weighted by atomic mass is 32.2. The second-order valence-corrected chi connectivity index (χ2v) is 9.33. The maximum absolute atomic E-state index is 12.6. The van der Waals surface area contributed by atoms with Crippen molar-refractivity contribution in [1.82, 2.24) is 10.2 Å². The smallest absolute Gasteiger partial charge is 0.319 e. The first-order chi connectivity index (χ1) is 14.5. The molecule has 2 aromatic rings. The zero-order chi connectivity index (χ0) is 21.5. The molecule has 0 spiro atoms. The third-order valence-electron chi connectivity index (χ3n) is 5.38. The molecular weight excluding hydrogens is 394 g/mol. The third kappa shape index (κ3) is 6.02. The van der Waals surface area contributed by atoms with E-state index in [1.165, 1.54) is 4.90 Å². The number of anilines is 1. The lowest BCUT2D eigenvalue weighted by atomic mass is 10.1. The Hall–Kier alpha value is -2.47. The summed E-state index contributed by atoms with van der Waals surface area (Å²) in [6, 6.07) is 13.4. The summed E-state index contributed by atoms with van der Waals surface area (Å²) in [4.78, 5) is 28.0. The number of hydrogen-bond donors (Lipinski definition) is 2. The number of benzene rings is 2. The molecule has 160 valence electrons. The summed E-state index contributed by atoms with van der Waals surface area (Å²) in [5.74, 6) is 0.0739. The van der Waals surface area contributed by atoms with Crippen LogP contribution in [0.1, 0.15) is 54.6 Å². The van der Waals surface area contributed by atoms with Gasteiger partial charge < -0.3 is 15.5 Å². The van der Waals surface area contributed by atoms with Gasteiger partial charge in [-0.15, -0.1) is 11.8 Å². The van der Waals surface area contributed by atoms with Gasteiger partial charge in [-0.2, -0.15) is 0 Å². The molecule has 0 radical (unpaired) electrons. The van der Waals surface area contributed by atoms with E-state index in [9.17, 15) is 9.59 Å². The molecule has 1 unspecified atom stereocenters. The Morgan fingerprint density at radius 3 is 2.60 bits per heavy atom. The van der Waals surface area contributed by atoms with Crippen molar-refractivity contribution in [3.63, 3.8) is 0 Å². The summed E-state index contributed by atoms with van der Waals surface area (Å²) in [5, 5.41) is 6.38. The van der Waals surface area contributed by atoms with Crippen molar-refractivity contribution in [2.75, 3.05) is 18.4 Å². The largest absolute Gasteiger partial charge is 0.339 e. The van der Waals surface area contributed by atoms with E-state index in [0.29, 0.717) is 17.4 Å². The van der Waals surface area contributed by atoms with Crippen molar-refractivity contribution in [2.24, 2.45) is 0 Å². The topological polar surface area (TPSA) is 61.4 Å². The van der Waals surface area contributed by atoms with E-state index in [0.717, 1.165) is 49.2 Å². The van der Waals surface area contributed by atoms with Crippen LogP contribution >= 0.6 is 11.8 Å². The lowest BCUT2D eigenvalue weighted by molar-refractivity contribution is 0.0792. The Morgan fingerprint density at radius 2 is 1.90 bits per heavy atom. The number of likely N-dealkylation sites (tertiary alicyclic amines) is 1. The van der Waals surface area contributed by atoms with E-state index in [1.54, 1.807) is 0 Å². The molecule has 5 nitrogen and oxygen atoms in total. The molecule has 3 amide bonds. The van der Waals surface area contributed by atoms with E-state index >= 15 is 0 Å². The quantitative estimate of drug-likeness (QED) is 0.581. The van der Waals surface area contributed by atoms with E-state index in [1.807, 2.05) is 60.0 Å². The highest BCUT2D eigenvalue weighted by Gasteiger charge is 2.19. The van der Waals surface area contributed by atoms with Gasteiger partial charge >= 0.3 is 6.03 Å². The molecule has 6 heteroatoms. The Bertz CT molecular complexity index is 894. The SMILES string of the molecule is CCC(C)Sc1ccc(NC(=O)NCc2cccc(C(=O)N3CCCC3)c2)c(C)c1. The number of aryl methyl sites for hydroxylation is 1. The van der Waals surface area contributed by atoms with Crippen molar-refractivity contribution >= 4 is 29.4 Å². The van der Waals surface area contributed by atoms with Crippen LogP contribution in [0.15, 0.2) is 47.4 Å².